The van der Waals surface area contributed by atoms with E-state index in [0.717, 1.165) is 35.1 Å². The van der Waals surface area contributed by atoms with E-state index in [1.165, 1.54) is 6.33 Å². The molecule has 0 saturated carbocycles. The number of nitrogen functional groups attached to an aromatic ring is 1. The van der Waals surface area contributed by atoms with Crippen molar-refractivity contribution >= 4 is 22.8 Å². The summed E-state index contributed by atoms with van der Waals surface area (Å²) >= 11 is 0. The number of amides is 1. The zero-order valence-corrected chi connectivity index (χ0v) is 21.5. The number of benzene rings is 1. The van der Waals surface area contributed by atoms with Crippen molar-refractivity contribution in [2.75, 3.05) is 25.9 Å². The molecule has 2 aromatic heterocycles. The Morgan fingerprint density at radius 1 is 1.21 bits per heavy atom. The van der Waals surface area contributed by atoms with Crippen LogP contribution in [0.2, 0.25) is 0 Å². The second kappa shape index (κ2) is 12.7. The van der Waals surface area contributed by atoms with Gasteiger partial charge in [-0.15, -0.1) is 0 Å². The number of ether oxygens (including phenoxy) is 1. The van der Waals surface area contributed by atoms with Crippen LogP contribution in [0.4, 0.5) is 5.82 Å². The molecular weight excluding hydrogens is 428 g/mol. The van der Waals surface area contributed by atoms with Gasteiger partial charge in [0, 0.05) is 18.7 Å². The van der Waals surface area contributed by atoms with Gasteiger partial charge in [-0.05, 0) is 31.1 Å². The topological polar surface area (TPSA) is 99.2 Å². The Morgan fingerprint density at radius 2 is 1.91 bits per heavy atom. The first-order valence-electron chi connectivity index (χ1n) is 12.1. The second-order valence-corrected chi connectivity index (χ2v) is 7.52. The van der Waals surface area contributed by atoms with Crippen molar-refractivity contribution in [2.45, 2.75) is 60.4 Å². The largest absolute Gasteiger partial charge is 0.496 e. The minimum Gasteiger partial charge on any atom is -0.496 e. The van der Waals surface area contributed by atoms with E-state index in [4.69, 9.17) is 15.6 Å². The second-order valence-electron chi connectivity index (χ2n) is 7.52. The quantitative estimate of drug-likeness (QED) is 0.502. The molecular formula is C26H38N6O2. The normalized spacial score (nSPS) is 13.1. The van der Waals surface area contributed by atoms with Crippen molar-refractivity contribution < 1.29 is 9.53 Å². The van der Waals surface area contributed by atoms with Gasteiger partial charge in [0.05, 0.1) is 18.5 Å². The van der Waals surface area contributed by atoms with Gasteiger partial charge in [0.25, 0.3) is 0 Å². The van der Waals surface area contributed by atoms with Gasteiger partial charge < -0.3 is 15.4 Å². The van der Waals surface area contributed by atoms with Crippen LogP contribution < -0.4 is 10.5 Å². The average Bonchev–Trinajstić information content (AvgIpc) is 3.22. The van der Waals surface area contributed by atoms with Crippen LogP contribution in [0.1, 0.15) is 59.1 Å². The fraction of sp³-hybridized carbons (Fsp3) is 0.462. The minimum absolute atomic E-state index is 0.0359. The Bertz CT molecular complexity index is 1120. The summed E-state index contributed by atoms with van der Waals surface area (Å²) < 4.78 is 7.34. The van der Waals surface area contributed by atoms with Crippen LogP contribution in [-0.2, 0) is 4.79 Å². The number of nitrogens with two attached hydrogens (primary N) is 1. The molecule has 1 aromatic carbocycles. The Hall–Kier alpha value is -3.42. The lowest BCUT2D eigenvalue weighted by molar-refractivity contribution is -0.131. The summed E-state index contributed by atoms with van der Waals surface area (Å²) in [4.78, 5) is 22.7. The van der Waals surface area contributed by atoms with E-state index in [-0.39, 0.29) is 11.9 Å². The number of methoxy groups -OCH3 is 1. The molecule has 0 radical (unpaired) electrons. The zero-order chi connectivity index (χ0) is 25.3. The van der Waals surface area contributed by atoms with Crippen LogP contribution in [0.3, 0.4) is 0 Å². The van der Waals surface area contributed by atoms with Gasteiger partial charge in [0.15, 0.2) is 5.65 Å². The predicted molar refractivity (Wildman–Crippen MR) is 139 cm³/mol. The molecule has 0 atom stereocenters. The van der Waals surface area contributed by atoms with E-state index >= 15 is 0 Å². The molecule has 1 fully saturated rings. The molecule has 4 rings (SSSR count). The van der Waals surface area contributed by atoms with Crippen molar-refractivity contribution in [3.8, 4) is 17.0 Å². The molecule has 0 bridgehead atoms. The molecule has 1 aliphatic rings. The number of hydrogen-bond acceptors (Lipinski definition) is 6. The molecule has 3 heterocycles. The smallest absolute Gasteiger partial charge is 0.246 e. The fourth-order valence-electron chi connectivity index (χ4n) is 3.67. The molecule has 3 aromatic rings. The summed E-state index contributed by atoms with van der Waals surface area (Å²) in [7, 11) is 1.65. The molecule has 1 aliphatic heterocycles. The van der Waals surface area contributed by atoms with Crippen LogP contribution in [0.15, 0.2) is 36.7 Å². The van der Waals surface area contributed by atoms with Gasteiger partial charge in [-0.25, -0.2) is 14.6 Å². The minimum atomic E-state index is 0.0359. The highest BCUT2D eigenvalue weighted by atomic mass is 16.5. The molecule has 0 spiro atoms. The first-order valence-corrected chi connectivity index (χ1v) is 12.1. The van der Waals surface area contributed by atoms with E-state index in [0.29, 0.717) is 30.2 Å². The lowest BCUT2D eigenvalue weighted by Crippen LogP contribution is -2.50. The predicted octanol–water partition coefficient (Wildman–Crippen LogP) is 5.18. The number of fused-ring (bicyclic) bond motifs is 1. The van der Waals surface area contributed by atoms with Gasteiger partial charge in [-0.3, -0.25) is 4.79 Å². The van der Waals surface area contributed by atoms with Gasteiger partial charge in [-0.1, -0.05) is 59.2 Å². The molecule has 1 saturated heterocycles. The van der Waals surface area contributed by atoms with E-state index in [1.54, 1.807) is 13.2 Å². The number of rotatable bonds is 6. The molecule has 0 unspecified atom stereocenters. The number of aromatic nitrogens is 4. The number of carbonyl (C=O) groups excluding carboxylic acids is 1. The highest BCUT2D eigenvalue weighted by molar-refractivity contribution is 5.98. The summed E-state index contributed by atoms with van der Waals surface area (Å²) in [5.74, 6) is 1.20. The van der Waals surface area contributed by atoms with Crippen LogP contribution in [-0.4, -0.2) is 50.8 Å². The molecule has 1 amide bonds. The summed E-state index contributed by atoms with van der Waals surface area (Å²) in [6.07, 6.45) is 6.97. The zero-order valence-electron chi connectivity index (χ0n) is 21.5. The van der Waals surface area contributed by atoms with Gasteiger partial charge in [0.2, 0.25) is 5.91 Å². The van der Waals surface area contributed by atoms with Gasteiger partial charge in [0.1, 0.15) is 23.6 Å². The number of anilines is 1. The number of aryl methyl sites for hydroxylation is 1. The molecule has 8 heteroatoms. The summed E-state index contributed by atoms with van der Waals surface area (Å²) in [6.45, 7) is 13.3. The summed E-state index contributed by atoms with van der Waals surface area (Å²) in [5, 5.41) is 5.56. The number of hydrogen-bond donors (Lipinski definition) is 1. The molecule has 2 N–H and O–H groups in total. The summed E-state index contributed by atoms with van der Waals surface area (Å²) in [6, 6.07) is 5.98. The summed E-state index contributed by atoms with van der Waals surface area (Å²) in [5.41, 5.74) is 9.52. The Morgan fingerprint density at radius 3 is 2.56 bits per heavy atom. The number of unbranched alkanes of at least 4 members (excludes halogenated alkanes) is 1. The number of likely N-dealkylation sites (tertiary alicyclic amines) is 1. The van der Waals surface area contributed by atoms with Gasteiger partial charge in [-0.2, -0.15) is 5.10 Å². The SMILES string of the molecule is CC.CC.CCC/C=C/C(=O)N1CC(n2nc(-c3ccc(C)c(OC)c3)c3c(N)ncnc32)C1. The third-order valence-corrected chi connectivity index (χ3v) is 5.44. The van der Waals surface area contributed by atoms with Crippen LogP contribution >= 0.6 is 0 Å². The first-order chi connectivity index (χ1) is 16.5. The Kier molecular flexibility index (Phi) is 10.0. The third kappa shape index (κ3) is 5.55. The number of allylic oxidation sites excluding steroid dienone is 1. The number of carbonyl (C=O) groups is 1. The average molecular weight is 467 g/mol. The van der Waals surface area contributed by atoms with Crippen molar-refractivity contribution in [2.24, 2.45) is 0 Å². The highest BCUT2D eigenvalue weighted by Gasteiger charge is 2.34. The van der Waals surface area contributed by atoms with Crippen molar-refractivity contribution in [1.82, 2.24) is 24.6 Å². The molecule has 0 aliphatic carbocycles. The Labute approximate surface area is 202 Å². The number of nitrogens with zero attached hydrogens (tertiary/aromatic N) is 5. The van der Waals surface area contributed by atoms with Crippen LogP contribution in [0.5, 0.6) is 5.75 Å². The maximum Gasteiger partial charge on any atom is 0.246 e. The first kappa shape index (κ1) is 26.8. The Balaban J connectivity index is 0.000000970. The van der Waals surface area contributed by atoms with E-state index < -0.39 is 0 Å². The lowest BCUT2D eigenvalue weighted by atomic mass is 10.1. The van der Waals surface area contributed by atoms with Crippen molar-refractivity contribution in [3.05, 3.63) is 42.2 Å². The maximum absolute atomic E-state index is 12.3. The van der Waals surface area contributed by atoms with E-state index in [1.807, 2.05) is 68.5 Å². The van der Waals surface area contributed by atoms with Crippen LogP contribution in [0, 0.1) is 6.92 Å². The highest BCUT2D eigenvalue weighted by Crippen LogP contribution is 2.35. The monoisotopic (exact) mass is 466 g/mol. The van der Waals surface area contributed by atoms with Gasteiger partial charge >= 0.3 is 0 Å². The van der Waals surface area contributed by atoms with E-state index in [2.05, 4.69) is 16.9 Å². The van der Waals surface area contributed by atoms with Crippen LogP contribution in [0.25, 0.3) is 22.3 Å². The van der Waals surface area contributed by atoms with E-state index in [9.17, 15) is 4.79 Å². The molecule has 184 valence electrons. The molecule has 8 nitrogen and oxygen atoms in total. The maximum atomic E-state index is 12.3. The van der Waals surface area contributed by atoms with Crippen molar-refractivity contribution in [3.63, 3.8) is 0 Å². The molecule has 34 heavy (non-hydrogen) atoms. The fourth-order valence-corrected chi connectivity index (χ4v) is 3.67. The van der Waals surface area contributed by atoms with Crippen molar-refractivity contribution in [1.29, 1.82) is 0 Å². The standard InChI is InChI=1S/C22H26N6O2.2C2H6/c1-4-5-6-7-18(29)27-11-16(12-27)28-22-19(21(23)24-13-25-22)20(26-28)15-9-8-14(2)17(10-15)30-3;2*1-2/h6-10,13,16H,4-5,11-12H2,1-3H3,(H2,23,24,25);2*1-2H3/b7-6+;;. The third-order valence-electron chi connectivity index (χ3n) is 5.44. The lowest BCUT2D eigenvalue weighted by Gasteiger charge is -2.38.